The van der Waals surface area contributed by atoms with Gasteiger partial charge in [0.2, 0.25) is 11.9 Å². The Bertz CT molecular complexity index is 820. The maximum Gasteiger partial charge on any atom is 0.220 e. The van der Waals surface area contributed by atoms with Gasteiger partial charge >= 0.3 is 0 Å². The van der Waals surface area contributed by atoms with Gasteiger partial charge in [0.1, 0.15) is 11.4 Å². The number of hydrogen-bond acceptors (Lipinski definition) is 7. The highest BCUT2D eigenvalue weighted by molar-refractivity contribution is 6.05. The fraction of sp³-hybridized carbons (Fsp3) is 0.263. The molecule has 26 heavy (non-hydrogen) atoms. The zero-order valence-corrected chi connectivity index (χ0v) is 14.8. The number of ether oxygens (including phenoxy) is 1. The van der Waals surface area contributed by atoms with Crippen LogP contribution in [0.25, 0.3) is 0 Å². The SMILES string of the molecule is CC1(CCCOc2cccc(N)c2)N=C(N)N=C(N)N1c1ccccc1. The van der Waals surface area contributed by atoms with E-state index < -0.39 is 5.66 Å². The lowest BCUT2D eigenvalue weighted by Crippen LogP contribution is -2.56. The smallest absolute Gasteiger partial charge is 0.220 e. The maximum absolute atomic E-state index is 6.16. The van der Waals surface area contributed by atoms with Crippen LogP contribution in [-0.4, -0.2) is 24.2 Å². The van der Waals surface area contributed by atoms with Gasteiger partial charge in [-0.2, -0.15) is 4.99 Å². The standard InChI is InChI=1S/C19H24N6O/c1-19(11-6-12-26-16-10-5-7-14(20)13-16)24-17(21)23-18(22)25(19)15-8-3-2-4-9-15/h2-5,7-10,13H,6,11-12,20H2,1H3,(H4,21,22,23,24). The lowest BCUT2D eigenvalue weighted by molar-refractivity contribution is 0.286. The van der Waals surface area contributed by atoms with Gasteiger partial charge < -0.3 is 21.9 Å². The number of guanidine groups is 2. The molecule has 7 nitrogen and oxygen atoms in total. The van der Waals surface area contributed by atoms with Gasteiger partial charge in [0, 0.05) is 17.4 Å². The van der Waals surface area contributed by atoms with Crippen LogP contribution >= 0.6 is 0 Å². The first-order valence-electron chi connectivity index (χ1n) is 8.51. The molecule has 2 aromatic carbocycles. The summed E-state index contributed by atoms with van der Waals surface area (Å²) in [5.41, 5.74) is 18.8. The average Bonchev–Trinajstić information content (AvgIpc) is 2.59. The molecule has 0 saturated heterocycles. The predicted octanol–water partition coefficient (Wildman–Crippen LogP) is 2.29. The van der Waals surface area contributed by atoms with E-state index in [4.69, 9.17) is 21.9 Å². The summed E-state index contributed by atoms with van der Waals surface area (Å²) >= 11 is 0. The quantitative estimate of drug-likeness (QED) is 0.545. The second kappa shape index (κ2) is 7.35. The minimum absolute atomic E-state index is 0.189. The first-order chi connectivity index (χ1) is 12.5. The highest BCUT2D eigenvalue weighted by Gasteiger charge is 2.36. The predicted molar refractivity (Wildman–Crippen MR) is 106 cm³/mol. The molecule has 1 aliphatic rings. The molecular weight excluding hydrogens is 328 g/mol. The Morgan fingerprint density at radius 2 is 1.81 bits per heavy atom. The number of benzene rings is 2. The van der Waals surface area contributed by atoms with Gasteiger partial charge in [-0.25, -0.2) is 4.99 Å². The van der Waals surface area contributed by atoms with Crippen LogP contribution < -0.4 is 26.8 Å². The van der Waals surface area contributed by atoms with Gasteiger partial charge in [0.15, 0.2) is 0 Å². The van der Waals surface area contributed by atoms with E-state index in [1.807, 2.05) is 60.4 Å². The third-order valence-electron chi connectivity index (χ3n) is 4.23. The van der Waals surface area contributed by atoms with Crippen LogP contribution in [-0.2, 0) is 0 Å². The molecule has 7 heteroatoms. The number of hydrogen-bond donors (Lipinski definition) is 3. The molecule has 0 aromatic heterocycles. The van der Waals surface area contributed by atoms with Crippen molar-refractivity contribution >= 4 is 23.3 Å². The van der Waals surface area contributed by atoms with Crippen LogP contribution in [0.2, 0.25) is 0 Å². The fourth-order valence-electron chi connectivity index (χ4n) is 3.09. The molecule has 6 N–H and O–H groups in total. The highest BCUT2D eigenvalue weighted by atomic mass is 16.5. The first kappa shape index (κ1) is 17.6. The second-order valence-electron chi connectivity index (χ2n) is 6.35. The molecule has 0 saturated carbocycles. The van der Waals surface area contributed by atoms with Crippen LogP contribution in [0.3, 0.4) is 0 Å². The molecule has 1 unspecified atom stereocenters. The summed E-state index contributed by atoms with van der Waals surface area (Å²) in [4.78, 5) is 10.6. The van der Waals surface area contributed by atoms with Crippen molar-refractivity contribution in [3.05, 3.63) is 54.6 Å². The van der Waals surface area contributed by atoms with Crippen molar-refractivity contribution in [2.75, 3.05) is 17.2 Å². The normalized spacial score (nSPS) is 19.7. The van der Waals surface area contributed by atoms with Crippen LogP contribution in [0.4, 0.5) is 11.4 Å². The molecule has 2 aromatic rings. The third kappa shape index (κ3) is 3.88. The zero-order valence-electron chi connectivity index (χ0n) is 14.8. The van der Waals surface area contributed by atoms with E-state index in [0.717, 1.165) is 17.9 Å². The van der Waals surface area contributed by atoms with Crippen LogP contribution in [0.1, 0.15) is 19.8 Å². The molecule has 3 rings (SSSR count). The molecule has 0 amide bonds. The van der Waals surface area contributed by atoms with Crippen molar-refractivity contribution in [2.45, 2.75) is 25.4 Å². The number of aliphatic imine (C=N–C) groups is 2. The Hall–Kier alpha value is -3.22. The molecule has 0 fully saturated rings. The minimum atomic E-state index is -0.629. The monoisotopic (exact) mass is 352 g/mol. The third-order valence-corrected chi connectivity index (χ3v) is 4.23. The Morgan fingerprint density at radius 1 is 1.04 bits per heavy atom. The Kier molecular flexibility index (Phi) is 4.97. The number of nitrogen functional groups attached to an aromatic ring is 1. The van der Waals surface area contributed by atoms with E-state index in [1.54, 1.807) is 6.07 Å². The van der Waals surface area contributed by atoms with Gasteiger partial charge in [-0.05, 0) is 44.0 Å². The lowest BCUT2D eigenvalue weighted by Gasteiger charge is -2.41. The highest BCUT2D eigenvalue weighted by Crippen LogP contribution is 2.31. The number of nitrogens with two attached hydrogens (primary N) is 3. The fourth-order valence-corrected chi connectivity index (χ4v) is 3.09. The Balaban J connectivity index is 1.70. The van der Waals surface area contributed by atoms with Crippen molar-refractivity contribution < 1.29 is 4.74 Å². The lowest BCUT2D eigenvalue weighted by atomic mass is 10.0. The van der Waals surface area contributed by atoms with Crippen LogP contribution in [0.5, 0.6) is 5.75 Å². The summed E-state index contributed by atoms with van der Waals surface area (Å²) in [7, 11) is 0. The van der Waals surface area contributed by atoms with E-state index in [2.05, 4.69) is 9.98 Å². The Labute approximate surface area is 153 Å². The van der Waals surface area contributed by atoms with E-state index in [-0.39, 0.29) is 5.96 Å². The van der Waals surface area contributed by atoms with Gasteiger partial charge in [-0.15, -0.1) is 0 Å². The zero-order chi connectivity index (χ0) is 18.6. The Morgan fingerprint density at radius 3 is 2.54 bits per heavy atom. The largest absolute Gasteiger partial charge is 0.494 e. The average molecular weight is 352 g/mol. The van der Waals surface area contributed by atoms with Crippen molar-refractivity contribution in [2.24, 2.45) is 21.5 Å². The number of anilines is 2. The summed E-state index contributed by atoms with van der Waals surface area (Å²) < 4.78 is 5.78. The van der Waals surface area contributed by atoms with E-state index in [1.165, 1.54) is 0 Å². The molecule has 0 bridgehead atoms. The number of nitrogens with zero attached hydrogens (tertiary/aromatic N) is 3. The summed E-state index contributed by atoms with van der Waals surface area (Å²) in [5.74, 6) is 1.28. The van der Waals surface area contributed by atoms with Crippen molar-refractivity contribution in [1.29, 1.82) is 0 Å². The molecule has 1 aliphatic heterocycles. The second-order valence-corrected chi connectivity index (χ2v) is 6.35. The molecule has 0 aliphatic carbocycles. The van der Waals surface area contributed by atoms with Crippen LogP contribution in [0, 0.1) is 0 Å². The van der Waals surface area contributed by atoms with E-state index in [0.29, 0.717) is 24.7 Å². The molecular formula is C19H24N6O. The van der Waals surface area contributed by atoms with Gasteiger partial charge in [0.05, 0.1) is 6.61 Å². The molecule has 136 valence electrons. The molecule has 1 heterocycles. The van der Waals surface area contributed by atoms with Crippen molar-refractivity contribution in [3.8, 4) is 5.75 Å². The summed E-state index contributed by atoms with van der Waals surface area (Å²) in [6, 6.07) is 17.2. The first-order valence-corrected chi connectivity index (χ1v) is 8.51. The number of rotatable bonds is 6. The van der Waals surface area contributed by atoms with Gasteiger partial charge in [-0.3, -0.25) is 4.90 Å². The topological polar surface area (TPSA) is 115 Å². The van der Waals surface area contributed by atoms with Crippen LogP contribution in [0.15, 0.2) is 64.6 Å². The summed E-state index contributed by atoms with van der Waals surface area (Å²) in [5, 5.41) is 0. The number of para-hydroxylation sites is 1. The van der Waals surface area contributed by atoms with E-state index >= 15 is 0 Å². The van der Waals surface area contributed by atoms with Gasteiger partial charge in [-0.1, -0.05) is 24.3 Å². The summed E-state index contributed by atoms with van der Waals surface area (Å²) in [6.07, 6.45) is 1.46. The van der Waals surface area contributed by atoms with Crippen molar-refractivity contribution in [3.63, 3.8) is 0 Å². The molecule has 0 radical (unpaired) electrons. The van der Waals surface area contributed by atoms with E-state index in [9.17, 15) is 0 Å². The maximum atomic E-state index is 6.16. The minimum Gasteiger partial charge on any atom is -0.494 e. The molecule has 0 spiro atoms. The molecule has 1 atom stereocenters. The summed E-state index contributed by atoms with van der Waals surface area (Å²) in [6.45, 7) is 2.53. The van der Waals surface area contributed by atoms with Gasteiger partial charge in [0.25, 0.3) is 0 Å². The van der Waals surface area contributed by atoms with Crippen molar-refractivity contribution in [1.82, 2.24) is 0 Å².